The van der Waals surface area contributed by atoms with Crippen molar-refractivity contribution in [3.63, 3.8) is 0 Å². The molecular weight excluding hydrogens is 242 g/mol. The van der Waals surface area contributed by atoms with Gasteiger partial charge in [-0.1, -0.05) is 12.1 Å². The lowest BCUT2D eigenvalue weighted by atomic mass is 9.97. The number of carbonyl (C=O) groups is 1. The molecule has 1 aliphatic rings. The van der Waals surface area contributed by atoms with Gasteiger partial charge in [-0.2, -0.15) is 0 Å². The maximum Gasteiger partial charge on any atom is 0.312 e. The van der Waals surface area contributed by atoms with Gasteiger partial charge in [0.15, 0.2) is 9.84 Å². The van der Waals surface area contributed by atoms with Crippen molar-refractivity contribution in [1.82, 2.24) is 0 Å². The number of carboxylic acids is 1. The lowest BCUT2D eigenvalue weighted by Gasteiger charge is -2.11. The third kappa shape index (κ3) is 2.05. The summed E-state index contributed by atoms with van der Waals surface area (Å²) in [5.41, 5.74) is 6.67. The maximum atomic E-state index is 11.6. The van der Waals surface area contributed by atoms with Gasteiger partial charge in [0.05, 0.1) is 16.6 Å². The highest BCUT2D eigenvalue weighted by Gasteiger charge is 2.28. The second-order valence-electron chi connectivity index (χ2n) is 4.06. The summed E-state index contributed by atoms with van der Waals surface area (Å²) in [6.45, 7) is 0.000863. The van der Waals surface area contributed by atoms with E-state index in [0.29, 0.717) is 22.4 Å². The first-order valence-corrected chi connectivity index (χ1v) is 6.89. The average Bonchev–Trinajstić information content (AvgIpc) is 2.55. The van der Waals surface area contributed by atoms with Gasteiger partial charge in [-0.05, 0) is 23.6 Å². The van der Waals surface area contributed by atoms with Crippen LogP contribution in [0.25, 0.3) is 0 Å². The minimum Gasteiger partial charge on any atom is -0.481 e. The maximum absolute atomic E-state index is 11.6. The zero-order valence-electron chi connectivity index (χ0n) is 9.09. The van der Waals surface area contributed by atoms with Crippen molar-refractivity contribution < 1.29 is 18.3 Å². The van der Waals surface area contributed by atoms with Crippen LogP contribution >= 0.6 is 0 Å². The predicted molar refractivity (Wildman–Crippen MR) is 61.6 cm³/mol. The normalized spacial score (nSPS) is 18.6. The fraction of sp³-hybridized carbons (Fsp3) is 0.364. The Morgan fingerprint density at radius 1 is 1.47 bits per heavy atom. The Morgan fingerprint density at radius 3 is 2.76 bits per heavy atom. The van der Waals surface area contributed by atoms with E-state index < -0.39 is 21.7 Å². The molecule has 0 saturated heterocycles. The molecule has 3 N–H and O–H groups in total. The average molecular weight is 255 g/mol. The molecule has 0 aromatic heterocycles. The van der Waals surface area contributed by atoms with Crippen molar-refractivity contribution in [2.75, 3.05) is 12.3 Å². The van der Waals surface area contributed by atoms with E-state index in [-0.39, 0.29) is 12.3 Å². The van der Waals surface area contributed by atoms with Crippen LogP contribution in [0.2, 0.25) is 0 Å². The first-order valence-electron chi connectivity index (χ1n) is 5.24. The summed E-state index contributed by atoms with van der Waals surface area (Å²) < 4.78 is 23.2. The first-order chi connectivity index (χ1) is 7.95. The molecule has 1 heterocycles. The standard InChI is InChI=1S/C11H13NO4S/c12-6-9(11(13)14)7-1-2-10-8(5-7)3-4-17(10,15)16/h1-2,5,9H,3-4,6,12H2,(H,13,14). The van der Waals surface area contributed by atoms with Crippen LogP contribution in [-0.4, -0.2) is 31.8 Å². The van der Waals surface area contributed by atoms with Gasteiger partial charge in [-0.15, -0.1) is 0 Å². The monoisotopic (exact) mass is 255 g/mol. The summed E-state index contributed by atoms with van der Waals surface area (Å²) in [4.78, 5) is 11.3. The van der Waals surface area contributed by atoms with Crippen LogP contribution in [0.5, 0.6) is 0 Å². The molecule has 0 fully saturated rings. The van der Waals surface area contributed by atoms with E-state index in [1.807, 2.05) is 0 Å². The van der Waals surface area contributed by atoms with E-state index in [1.54, 1.807) is 6.07 Å². The summed E-state index contributed by atoms with van der Waals surface area (Å²) in [5.74, 6) is -1.66. The highest BCUT2D eigenvalue weighted by atomic mass is 32.2. The van der Waals surface area contributed by atoms with E-state index in [2.05, 4.69) is 0 Å². The zero-order chi connectivity index (χ0) is 12.6. The minimum absolute atomic E-state index is 0.000863. The molecule has 2 rings (SSSR count). The molecular formula is C11H13NO4S. The van der Waals surface area contributed by atoms with Crippen LogP contribution in [0.4, 0.5) is 0 Å². The molecule has 92 valence electrons. The van der Waals surface area contributed by atoms with E-state index in [0.717, 1.165) is 0 Å². The molecule has 0 amide bonds. The number of rotatable bonds is 3. The van der Waals surface area contributed by atoms with Gasteiger partial charge in [0.1, 0.15) is 0 Å². The van der Waals surface area contributed by atoms with Crippen LogP contribution in [0.15, 0.2) is 23.1 Å². The molecule has 0 aliphatic carbocycles. The van der Waals surface area contributed by atoms with E-state index >= 15 is 0 Å². The van der Waals surface area contributed by atoms with Gasteiger partial charge >= 0.3 is 5.97 Å². The Bertz CT molecular complexity index is 565. The van der Waals surface area contributed by atoms with Gasteiger partial charge in [0, 0.05) is 6.54 Å². The molecule has 0 saturated carbocycles. The summed E-state index contributed by atoms with van der Waals surface area (Å²) in [6, 6.07) is 4.66. The summed E-state index contributed by atoms with van der Waals surface area (Å²) in [6.07, 6.45) is 0.447. The molecule has 1 unspecified atom stereocenters. The Kier molecular flexibility index (Phi) is 2.92. The highest BCUT2D eigenvalue weighted by molar-refractivity contribution is 7.91. The van der Waals surface area contributed by atoms with Gasteiger partial charge in [0.25, 0.3) is 0 Å². The SMILES string of the molecule is NCC(C(=O)O)c1ccc2c(c1)CCS2(=O)=O. The lowest BCUT2D eigenvalue weighted by Crippen LogP contribution is -2.21. The van der Waals surface area contributed by atoms with Gasteiger partial charge in [-0.3, -0.25) is 4.79 Å². The third-order valence-electron chi connectivity index (χ3n) is 3.00. The fourth-order valence-electron chi connectivity index (χ4n) is 2.05. The fourth-order valence-corrected chi connectivity index (χ4v) is 3.59. The zero-order valence-corrected chi connectivity index (χ0v) is 9.90. The quantitative estimate of drug-likeness (QED) is 0.800. The van der Waals surface area contributed by atoms with Crippen molar-refractivity contribution in [3.05, 3.63) is 29.3 Å². The smallest absolute Gasteiger partial charge is 0.312 e. The van der Waals surface area contributed by atoms with Gasteiger partial charge in [0.2, 0.25) is 0 Å². The number of hydrogen-bond donors (Lipinski definition) is 2. The van der Waals surface area contributed by atoms with Crippen LogP contribution in [0.1, 0.15) is 17.0 Å². The number of fused-ring (bicyclic) bond motifs is 1. The Hall–Kier alpha value is -1.40. The summed E-state index contributed by atoms with van der Waals surface area (Å²) in [5, 5.41) is 8.98. The number of carboxylic acid groups (broad SMARTS) is 1. The largest absolute Gasteiger partial charge is 0.481 e. The molecule has 6 heteroatoms. The lowest BCUT2D eigenvalue weighted by molar-refractivity contribution is -0.138. The van der Waals surface area contributed by atoms with Crippen molar-refractivity contribution in [2.24, 2.45) is 5.73 Å². The second-order valence-corrected chi connectivity index (χ2v) is 6.14. The molecule has 0 spiro atoms. The number of sulfone groups is 1. The second kappa shape index (κ2) is 4.12. The number of aliphatic carboxylic acids is 1. The van der Waals surface area contributed by atoms with Crippen LogP contribution in [0.3, 0.4) is 0 Å². The van der Waals surface area contributed by atoms with Crippen LogP contribution in [0, 0.1) is 0 Å². The predicted octanol–water partition coefficient (Wildman–Crippen LogP) is 0.143. The molecule has 1 aromatic rings. The van der Waals surface area contributed by atoms with Crippen molar-refractivity contribution in [2.45, 2.75) is 17.2 Å². The molecule has 1 atom stereocenters. The first kappa shape index (κ1) is 12.1. The van der Waals surface area contributed by atoms with Crippen LogP contribution < -0.4 is 5.73 Å². The summed E-state index contributed by atoms with van der Waals surface area (Å²) >= 11 is 0. The molecule has 1 aromatic carbocycles. The number of hydrogen-bond acceptors (Lipinski definition) is 4. The molecule has 0 radical (unpaired) electrons. The number of aryl methyl sites for hydroxylation is 1. The van der Waals surface area contributed by atoms with Crippen molar-refractivity contribution in [3.8, 4) is 0 Å². The number of nitrogens with two attached hydrogens (primary N) is 1. The Balaban J connectivity index is 2.46. The molecule has 5 nitrogen and oxygen atoms in total. The third-order valence-corrected chi connectivity index (χ3v) is 4.81. The molecule has 1 aliphatic heterocycles. The minimum atomic E-state index is -3.15. The molecule has 0 bridgehead atoms. The van der Waals surface area contributed by atoms with Gasteiger partial charge < -0.3 is 10.8 Å². The number of benzene rings is 1. The highest BCUT2D eigenvalue weighted by Crippen LogP contribution is 2.28. The van der Waals surface area contributed by atoms with Crippen molar-refractivity contribution in [1.29, 1.82) is 0 Å². The Morgan fingerprint density at radius 2 is 2.18 bits per heavy atom. The topological polar surface area (TPSA) is 97.5 Å². The van der Waals surface area contributed by atoms with Crippen LogP contribution in [-0.2, 0) is 21.1 Å². The summed E-state index contributed by atoms with van der Waals surface area (Å²) in [7, 11) is -3.15. The van der Waals surface area contributed by atoms with Crippen molar-refractivity contribution >= 4 is 15.8 Å². The van der Waals surface area contributed by atoms with E-state index in [9.17, 15) is 13.2 Å². The molecule has 17 heavy (non-hydrogen) atoms. The Labute approximate surface area is 99.2 Å². The van der Waals surface area contributed by atoms with Gasteiger partial charge in [-0.25, -0.2) is 8.42 Å². The van der Waals surface area contributed by atoms with E-state index in [1.165, 1.54) is 12.1 Å². The van der Waals surface area contributed by atoms with E-state index in [4.69, 9.17) is 10.8 Å².